The zero-order chi connectivity index (χ0) is 12.5. The highest BCUT2D eigenvalue weighted by molar-refractivity contribution is 5.91. The molecular weight excluding hydrogens is 230 g/mol. The molecule has 0 bridgehead atoms. The Balaban J connectivity index is 1.91. The first-order chi connectivity index (χ1) is 8.79. The van der Waals surface area contributed by atoms with Crippen molar-refractivity contribution in [3.63, 3.8) is 0 Å². The summed E-state index contributed by atoms with van der Waals surface area (Å²) >= 11 is 0. The molecule has 0 aliphatic carbocycles. The molecule has 4 nitrogen and oxygen atoms in total. The standard InChI is InChI=1S/C14H17NO3/c1-17-14(16)11-3-2-10-4-6-15(13(10)8-11)12-5-7-18-9-12/h2-3,8,12H,4-7,9H2,1H3. The van der Waals surface area contributed by atoms with E-state index in [-0.39, 0.29) is 5.97 Å². The Bertz CT molecular complexity index is 466. The molecule has 4 heteroatoms. The molecule has 96 valence electrons. The quantitative estimate of drug-likeness (QED) is 0.744. The van der Waals surface area contributed by atoms with Crippen LogP contribution in [0.5, 0.6) is 0 Å². The maximum atomic E-state index is 11.6. The molecule has 0 radical (unpaired) electrons. The minimum Gasteiger partial charge on any atom is -0.465 e. The lowest BCUT2D eigenvalue weighted by Gasteiger charge is -2.25. The number of esters is 1. The molecule has 1 aromatic rings. The van der Waals surface area contributed by atoms with Gasteiger partial charge in [0, 0.05) is 18.8 Å². The van der Waals surface area contributed by atoms with Crippen LogP contribution in [0.25, 0.3) is 0 Å². The molecule has 1 fully saturated rings. The van der Waals surface area contributed by atoms with Crippen molar-refractivity contribution in [1.82, 2.24) is 0 Å². The molecule has 0 spiro atoms. The third-order valence-electron chi connectivity index (χ3n) is 3.78. The predicted molar refractivity (Wildman–Crippen MR) is 68.1 cm³/mol. The van der Waals surface area contributed by atoms with E-state index in [0.717, 1.165) is 32.6 Å². The number of benzene rings is 1. The Morgan fingerprint density at radius 2 is 2.39 bits per heavy atom. The number of fused-ring (bicyclic) bond motifs is 1. The van der Waals surface area contributed by atoms with Crippen molar-refractivity contribution >= 4 is 11.7 Å². The number of hydrogen-bond acceptors (Lipinski definition) is 4. The average Bonchev–Trinajstić information content (AvgIpc) is 3.05. The minimum atomic E-state index is -0.271. The van der Waals surface area contributed by atoms with Crippen LogP contribution in [0.3, 0.4) is 0 Å². The van der Waals surface area contributed by atoms with Gasteiger partial charge in [0.25, 0.3) is 0 Å². The van der Waals surface area contributed by atoms with E-state index in [2.05, 4.69) is 4.90 Å². The SMILES string of the molecule is COC(=O)c1ccc2c(c1)N(C1CCOC1)CC2. The number of rotatable bonds is 2. The third-order valence-corrected chi connectivity index (χ3v) is 3.78. The first kappa shape index (κ1) is 11.5. The van der Waals surface area contributed by atoms with Crippen LogP contribution in [0.15, 0.2) is 18.2 Å². The van der Waals surface area contributed by atoms with Crippen molar-refractivity contribution in [3.8, 4) is 0 Å². The fourth-order valence-electron chi connectivity index (χ4n) is 2.80. The third kappa shape index (κ3) is 1.86. The largest absolute Gasteiger partial charge is 0.465 e. The van der Waals surface area contributed by atoms with Crippen molar-refractivity contribution in [2.45, 2.75) is 18.9 Å². The molecule has 1 unspecified atom stereocenters. The predicted octanol–water partition coefficient (Wildman–Crippen LogP) is 1.62. The van der Waals surface area contributed by atoms with E-state index in [4.69, 9.17) is 9.47 Å². The highest BCUT2D eigenvalue weighted by Gasteiger charge is 2.29. The lowest BCUT2D eigenvalue weighted by atomic mass is 10.1. The summed E-state index contributed by atoms with van der Waals surface area (Å²) in [5.74, 6) is -0.271. The number of carbonyl (C=O) groups is 1. The summed E-state index contributed by atoms with van der Waals surface area (Å²) in [5, 5.41) is 0. The minimum absolute atomic E-state index is 0.271. The van der Waals surface area contributed by atoms with Gasteiger partial charge in [-0.05, 0) is 30.5 Å². The second kappa shape index (κ2) is 4.61. The molecule has 0 aromatic heterocycles. The van der Waals surface area contributed by atoms with Crippen molar-refractivity contribution in [2.24, 2.45) is 0 Å². The van der Waals surface area contributed by atoms with Crippen LogP contribution in [-0.4, -0.2) is 38.9 Å². The first-order valence-corrected chi connectivity index (χ1v) is 6.35. The van der Waals surface area contributed by atoms with Gasteiger partial charge in [-0.25, -0.2) is 4.79 Å². The van der Waals surface area contributed by atoms with Gasteiger partial charge in [-0.3, -0.25) is 0 Å². The highest BCUT2D eigenvalue weighted by atomic mass is 16.5. The van der Waals surface area contributed by atoms with Gasteiger partial charge in [0.1, 0.15) is 0 Å². The first-order valence-electron chi connectivity index (χ1n) is 6.35. The van der Waals surface area contributed by atoms with Gasteiger partial charge >= 0.3 is 5.97 Å². The molecule has 0 saturated carbocycles. The van der Waals surface area contributed by atoms with Crippen LogP contribution in [0.4, 0.5) is 5.69 Å². The summed E-state index contributed by atoms with van der Waals surface area (Å²) in [6, 6.07) is 6.29. The topological polar surface area (TPSA) is 38.8 Å². The second-order valence-electron chi connectivity index (χ2n) is 4.80. The lowest BCUT2D eigenvalue weighted by Crippen LogP contribution is -2.34. The lowest BCUT2D eigenvalue weighted by molar-refractivity contribution is 0.0601. The molecule has 2 heterocycles. The Hall–Kier alpha value is -1.55. The Kier molecular flexibility index (Phi) is 2.96. The molecule has 2 aliphatic heterocycles. The number of ether oxygens (including phenoxy) is 2. The molecule has 0 amide bonds. The van der Waals surface area contributed by atoms with E-state index in [1.807, 2.05) is 18.2 Å². The maximum Gasteiger partial charge on any atom is 0.337 e. The maximum absolute atomic E-state index is 11.6. The molecule has 1 saturated heterocycles. The van der Waals surface area contributed by atoms with Crippen molar-refractivity contribution in [3.05, 3.63) is 29.3 Å². The van der Waals surface area contributed by atoms with E-state index in [0.29, 0.717) is 11.6 Å². The van der Waals surface area contributed by atoms with E-state index < -0.39 is 0 Å². The van der Waals surface area contributed by atoms with E-state index >= 15 is 0 Å². The van der Waals surface area contributed by atoms with Crippen LogP contribution in [0, 0.1) is 0 Å². The fraction of sp³-hybridized carbons (Fsp3) is 0.500. The van der Waals surface area contributed by atoms with Crippen LogP contribution in [0.1, 0.15) is 22.3 Å². The van der Waals surface area contributed by atoms with Gasteiger partial charge in [-0.2, -0.15) is 0 Å². The van der Waals surface area contributed by atoms with E-state index in [9.17, 15) is 4.79 Å². The Morgan fingerprint density at radius 3 is 3.11 bits per heavy atom. The molecule has 3 rings (SSSR count). The summed E-state index contributed by atoms with van der Waals surface area (Å²) in [6.07, 6.45) is 2.12. The van der Waals surface area contributed by atoms with Crippen LogP contribution in [-0.2, 0) is 15.9 Å². The van der Waals surface area contributed by atoms with Gasteiger partial charge in [-0.1, -0.05) is 6.07 Å². The van der Waals surface area contributed by atoms with Gasteiger partial charge in [0.05, 0.1) is 25.3 Å². The summed E-state index contributed by atoms with van der Waals surface area (Å²) in [7, 11) is 1.41. The van der Waals surface area contributed by atoms with E-state index in [1.165, 1.54) is 18.4 Å². The molecular formula is C14H17NO3. The number of nitrogens with zero attached hydrogens (tertiary/aromatic N) is 1. The molecule has 18 heavy (non-hydrogen) atoms. The van der Waals surface area contributed by atoms with Crippen LogP contribution in [0.2, 0.25) is 0 Å². The van der Waals surface area contributed by atoms with Crippen molar-refractivity contribution in [1.29, 1.82) is 0 Å². The molecule has 0 N–H and O–H groups in total. The molecule has 2 aliphatic rings. The number of methoxy groups -OCH3 is 1. The van der Waals surface area contributed by atoms with Gasteiger partial charge in [0.2, 0.25) is 0 Å². The monoisotopic (exact) mass is 247 g/mol. The van der Waals surface area contributed by atoms with Crippen LogP contribution < -0.4 is 4.90 Å². The fourth-order valence-corrected chi connectivity index (χ4v) is 2.80. The Labute approximate surface area is 106 Å². The summed E-state index contributed by atoms with van der Waals surface area (Å²) in [5.41, 5.74) is 3.12. The number of hydrogen-bond donors (Lipinski definition) is 0. The molecule has 1 atom stereocenters. The van der Waals surface area contributed by atoms with Crippen LogP contribution >= 0.6 is 0 Å². The molecule has 1 aromatic carbocycles. The smallest absolute Gasteiger partial charge is 0.337 e. The Morgan fingerprint density at radius 1 is 1.50 bits per heavy atom. The second-order valence-corrected chi connectivity index (χ2v) is 4.80. The van der Waals surface area contributed by atoms with Gasteiger partial charge in [-0.15, -0.1) is 0 Å². The summed E-state index contributed by atoms with van der Waals surface area (Å²) < 4.78 is 10.2. The average molecular weight is 247 g/mol. The zero-order valence-corrected chi connectivity index (χ0v) is 10.5. The summed E-state index contributed by atoms with van der Waals surface area (Å²) in [4.78, 5) is 13.9. The number of carbonyl (C=O) groups excluding carboxylic acids is 1. The van der Waals surface area contributed by atoms with Crippen molar-refractivity contribution in [2.75, 3.05) is 31.8 Å². The summed E-state index contributed by atoms with van der Waals surface area (Å²) in [6.45, 7) is 2.66. The zero-order valence-electron chi connectivity index (χ0n) is 10.5. The highest BCUT2D eigenvalue weighted by Crippen LogP contribution is 2.32. The normalized spacial score (nSPS) is 22.1. The van der Waals surface area contributed by atoms with Crippen molar-refractivity contribution < 1.29 is 14.3 Å². The van der Waals surface area contributed by atoms with Gasteiger partial charge in [0.15, 0.2) is 0 Å². The van der Waals surface area contributed by atoms with E-state index in [1.54, 1.807) is 0 Å². The number of anilines is 1. The van der Waals surface area contributed by atoms with Gasteiger partial charge < -0.3 is 14.4 Å².